The summed E-state index contributed by atoms with van der Waals surface area (Å²) in [6, 6.07) is 8.73. The summed E-state index contributed by atoms with van der Waals surface area (Å²) < 4.78 is 0. The molecule has 0 saturated carbocycles. The Bertz CT molecular complexity index is 326. The van der Waals surface area contributed by atoms with Gasteiger partial charge in [0.2, 0.25) is 0 Å². The highest BCUT2D eigenvalue weighted by Gasteiger charge is 2.17. The molecule has 16 heavy (non-hydrogen) atoms. The van der Waals surface area contributed by atoms with E-state index in [2.05, 4.69) is 48.2 Å². The van der Waals surface area contributed by atoms with Crippen LogP contribution in [0, 0.1) is 0 Å². The fourth-order valence-corrected chi connectivity index (χ4v) is 2.26. The number of hydrogen-bond acceptors (Lipinski definition) is 2. The highest BCUT2D eigenvalue weighted by atomic mass is 35.5. The number of piperidine rings is 1. The average molecular weight is 239 g/mol. The van der Waals surface area contributed by atoms with Crippen LogP contribution in [0.2, 0.25) is 0 Å². The minimum absolute atomic E-state index is 0.372. The molecular weight excluding hydrogens is 220 g/mol. The van der Waals surface area contributed by atoms with E-state index < -0.39 is 0 Å². The summed E-state index contributed by atoms with van der Waals surface area (Å²) >= 11 is 6.10. The monoisotopic (exact) mass is 238 g/mol. The van der Waals surface area contributed by atoms with E-state index in [4.69, 9.17) is 11.6 Å². The molecule has 0 aromatic heterocycles. The fraction of sp³-hybridized carbons (Fsp3) is 0.538. The molecule has 0 atom stereocenters. The topological polar surface area (TPSA) is 6.48 Å². The molecule has 1 aliphatic heterocycles. The number of alkyl halides is 1. The van der Waals surface area contributed by atoms with Crippen LogP contribution >= 0.6 is 11.6 Å². The zero-order valence-corrected chi connectivity index (χ0v) is 10.7. The van der Waals surface area contributed by atoms with Gasteiger partial charge in [-0.25, -0.2) is 0 Å². The largest absolute Gasteiger partial charge is 0.378 e. The van der Waals surface area contributed by atoms with Gasteiger partial charge in [-0.1, -0.05) is 0 Å². The van der Waals surface area contributed by atoms with Crippen LogP contribution in [-0.2, 0) is 0 Å². The first-order valence-electron chi connectivity index (χ1n) is 5.83. The number of anilines is 2. The Morgan fingerprint density at radius 3 is 2.19 bits per heavy atom. The first-order valence-corrected chi connectivity index (χ1v) is 6.27. The number of rotatable bonds is 2. The maximum Gasteiger partial charge on any atom is 0.0369 e. The molecule has 0 spiro atoms. The third-order valence-electron chi connectivity index (χ3n) is 3.16. The van der Waals surface area contributed by atoms with Crippen LogP contribution in [0.3, 0.4) is 0 Å². The van der Waals surface area contributed by atoms with Crippen LogP contribution in [0.4, 0.5) is 11.4 Å². The van der Waals surface area contributed by atoms with E-state index in [1.807, 2.05) is 0 Å². The Labute approximate surface area is 103 Å². The third-order valence-corrected chi connectivity index (χ3v) is 3.59. The lowest BCUT2D eigenvalue weighted by Gasteiger charge is -2.31. The van der Waals surface area contributed by atoms with Gasteiger partial charge in [-0.3, -0.25) is 0 Å². The second-order valence-electron chi connectivity index (χ2n) is 4.57. The smallest absolute Gasteiger partial charge is 0.0369 e. The lowest BCUT2D eigenvalue weighted by molar-refractivity contribution is 0.585. The summed E-state index contributed by atoms with van der Waals surface area (Å²) in [6.07, 6.45) is 2.19. The molecule has 2 nitrogen and oxygen atoms in total. The normalized spacial score (nSPS) is 17.6. The Balaban J connectivity index is 2.04. The van der Waals surface area contributed by atoms with Gasteiger partial charge in [0.25, 0.3) is 0 Å². The Morgan fingerprint density at radius 2 is 1.69 bits per heavy atom. The second-order valence-corrected chi connectivity index (χ2v) is 5.19. The van der Waals surface area contributed by atoms with E-state index >= 15 is 0 Å². The van der Waals surface area contributed by atoms with E-state index in [9.17, 15) is 0 Å². The molecule has 3 heteroatoms. The van der Waals surface area contributed by atoms with Crippen molar-refractivity contribution in [1.29, 1.82) is 0 Å². The van der Waals surface area contributed by atoms with Crippen molar-refractivity contribution in [3.8, 4) is 0 Å². The van der Waals surface area contributed by atoms with Gasteiger partial charge in [-0.05, 0) is 37.1 Å². The van der Waals surface area contributed by atoms with E-state index in [1.165, 1.54) is 11.4 Å². The molecular formula is C13H19ClN2. The molecule has 88 valence electrons. The predicted octanol–water partition coefficient (Wildman–Crippen LogP) is 2.96. The van der Waals surface area contributed by atoms with Crippen molar-refractivity contribution in [3.63, 3.8) is 0 Å². The van der Waals surface area contributed by atoms with Crippen LogP contribution in [0.5, 0.6) is 0 Å². The SMILES string of the molecule is CN(C)c1ccc(N2CCC(Cl)CC2)cc1. The first kappa shape index (κ1) is 11.6. The van der Waals surface area contributed by atoms with Gasteiger partial charge in [-0.15, -0.1) is 11.6 Å². The van der Waals surface area contributed by atoms with Gasteiger partial charge in [-0.2, -0.15) is 0 Å². The molecule has 2 rings (SSSR count). The Morgan fingerprint density at radius 1 is 1.12 bits per heavy atom. The van der Waals surface area contributed by atoms with Gasteiger partial charge in [0.1, 0.15) is 0 Å². The lowest BCUT2D eigenvalue weighted by Crippen LogP contribution is -2.33. The molecule has 1 fully saturated rings. The van der Waals surface area contributed by atoms with Crippen molar-refractivity contribution in [1.82, 2.24) is 0 Å². The van der Waals surface area contributed by atoms with E-state index in [0.29, 0.717) is 5.38 Å². The summed E-state index contributed by atoms with van der Waals surface area (Å²) in [5.41, 5.74) is 2.56. The zero-order valence-electron chi connectivity index (χ0n) is 9.99. The van der Waals surface area contributed by atoms with Gasteiger partial charge in [0.15, 0.2) is 0 Å². The fourth-order valence-electron chi connectivity index (χ4n) is 2.07. The van der Waals surface area contributed by atoms with Crippen molar-refractivity contribution < 1.29 is 0 Å². The summed E-state index contributed by atoms with van der Waals surface area (Å²) in [5.74, 6) is 0. The quantitative estimate of drug-likeness (QED) is 0.731. The predicted molar refractivity (Wildman–Crippen MR) is 71.9 cm³/mol. The summed E-state index contributed by atoms with van der Waals surface area (Å²) in [4.78, 5) is 4.53. The van der Waals surface area contributed by atoms with Gasteiger partial charge in [0, 0.05) is 43.9 Å². The van der Waals surface area contributed by atoms with Crippen molar-refractivity contribution in [2.24, 2.45) is 0 Å². The number of halogens is 1. The minimum atomic E-state index is 0.372. The molecule has 0 amide bonds. The van der Waals surface area contributed by atoms with E-state index in [0.717, 1.165) is 25.9 Å². The summed E-state index contributed by atoms with van der Waals surface area (Å²) in [5, 5.41) is 0.372. The van der Waals surface area contributed by atoms with Crippen molar-refractivity contribution in [2.75, 3.05) is 37.0 Å². The standard InChI is InChI=1S/C13H19ClN2/c1-15(2)12-3-5-13(6-4-12)16-9-7-11(14)8-10-16/h3-6,11H,7-10H2,1-2H3. The van der Waals surface area contributed by atoms with Gasteiger partial charge >= 0.3 is 0 Å². The maximum absolute atomic E-state index is 6.10. The van der Waals surface area contributed by atoms with Gasteiger partial charge in [0.05, 0.1) is 0 Å². The van der Waals surface area contributed by atoms with Crippen molar-refractivity contribution in [2.45, 2.75) is 18.2 Å². The van der Waals surface area contributed by atoms with Crippen LogP contribution in [0.25, 0.3) is 0 Å². The third kappa shape index (κ3) is 2.62. The minimum Gasteiger partial charge on any atom is -0.378 e. The van der Waals surface area contributed by atoms with Gasteiger partial charge < -0.3 is 9.80 Å². The molecule has 1 aromatic rings. The second kappa shape index (κ2) is 4.96. The highest BCUT2D eigenvalue weighted by molar-refractivity contribution is 6.20. The van der Waals surface area contributed by atoms with Crippen molar-refractivity contribution in [3.05, 3.63) is 24.3 Å². The molecule has 0 aliphatic carbocycles. The lowest BCUT2D eigenvalue weighted by atomic mass is 10.1. The van der Waals surface area contributed by atoms with Crippen LogP contribution in [0.1, 0.15) is 12.8 Å². The van der Waals surface area contributed by atoms with Crippen LogP contribution in [-0.4, -0.2) is 32.6 Å². The number of hydrogen-bond donors (Lipinski definition) is 0. The first-order chi connectivity index (χ1) is 7.66. The zero-order chi connectivity index (χ0) is 11.5. The number of benzene rings is 1. The number of nitrogens with zero attached hydrogens (tertiary/aromatic N) is 2. The molecule has 0 N–H and O–H groups in total. The average Bonchev–Trinajstić information content (AvgIpc) is 2.30. The summed E-state index contributed by atoms with van der Waals surface area (Å²) in [6.45, 7) is 2.16. The van der Waals surface area contributed by atoms with Crippen LogP contribution in [0.15, 0.2) is 24.3 Å². The summed E-state index contributed by atoms with van der Waals surface area (Å²) in [7, 11) is 4.13. The molecule has 0 unspecified atom stereocenters. The molecule has 0 radical (unpaired) electrons. The molecule has 0 bridgehead atoms. The molecule has 1 heterocycles. The highest BCUT2D eigenvalue weighted by Crippen LogP contribution is 2.24. The van der Waals surface area contributed by atoms with Crippen molar-refractivity contribution >= 4 is 23.0 Å². The maximum atomic E-state index is 6.10. The molecule has 1 saturated heterocycles. The Kier molecular flexibility index (Phi) is 3.59. The van der Waals surface area contributed by atoms with E-state index in [1.54, 1.807) is 0 Å². The molecule has 1 aromatic carbocycles. The Hall–Kier alpha value is -0.890. The molecule has 1 aliphatic rings. The van der Waals surface area contributed by atoms with E-state index in [-0.39, 0.29) is 0 Å². The van der Waals surface area contributed by atoms with Crippen LogP contribution < -0.4 is 9.80 Å².